The number of likely N-dealkylation sites (N-methyl/N-ethyl adjacent to an activating group) is 2. The molecule has 18 heavy (non-hydrogen) atoms. The lowest BCUT2D eigenvalue weighted by molar-refractivity contribution is -0.137. The van der Waals surface area contributed by atoms with Crippen molar-refractivity contribution in [1.82, 2.24) is 15.1 Å². The highest BCUT2D eigenvalue weighted by molar-refractivity contribution is 5.85. The summed E-state index contributed by atoms with van der Waals surface area (Å²) in [7, 11) is 1.46. The molecule has 7 heteroatoms. The summed E-state index contributed by atoms with van der Waals surface area (Å²) in [5.74, 6) is 0.725. The van der Waals surface area contributed by atoms with E-state index in [-0.39, 0.29) is 25.5 Å². The fraction of sp³-hybridized carbons (Fsp3) is 0.545. The number of hydrogen-bond acceptors (Lipinski definition) is 3. The van der Waals surface area contributed by atoms with E-state index in [0.717, 1.165) is 4.90 Å². The molecule has 0 aliphatic heterocycles. The average molecular weight is 255 g/mol. The molecule has 0 spiro atoms. The summed E-state index contributed by atoms with van der Waals surface area (Å²) in [5, 5.41) is 11.1. The largest absolute Gasteiger partial charge is 0.480 e. The Morgan fingerprint density at radius 3 is 2.28 bits per heavy atom. The molecule has 0 unspecified atom stereocenters. The Morgan fingerprint density at radius 1 is 1.28 bits per heavy atom. The van der Waals surface area contributed by atoms with E-state index in [2.05, 4.69) is 11.2 Å². The molecule has 0 saturated heterocycles. The molecule has 0 aromatic heterocycles. The maximum absolute atomic E-state index is 12.0. The molecule has 7 nitrogen and oxygen atoms in total. The van der Waals surface area contributed by atoms with E-state index in [1.807, 2.05) is 0 Å². The minimum Gasteiger partial charge on any atom is -0.480 e. The van der Waals surface area contributed by atoms with Gasteiger partial charge in [-0.05, 0) is 6.92 Å². The third-order valence-corrected chi connectivity index (χ3v) is 2.14. The average Bonchev–Trinajstić information content (AvgIpc) is 2.33. The van der Waals surface area contributed by atoms with Gasteiger partial charge < -0.3 is 20.2 Å². The summed E-state index contributed by atoms with van der Waals surface area (Å²) in [6.07, 6.45) is 5.08. The fourth-order valence-electron chi connectivity index (χ4n) is 1.23. The van der Waals surface area contributed by atoms with Crippen molar-refractivity contribution < 1.29 is 19.5 Å². The Kier molecular flexibility index (Phi) is 6.96. The third kappa shape index (κ3) is 5.21. The normalized spacial score (nSPS) is 9.17. The summed E-state index contributed by atoms with van der Waals surface area (Å²) in [5.41, 5.74) is 0. The van der Waals surface area contributed by atoms with E-state index in [1.54, 1.807) is 6.92 Å². The molecular weight excluding hydrogens is 238 g/mol. The minimum atomic E-state index is -1.16. The van der Waals surface area contributed by atoms with Gasteiger partial charge in [-0.15, -0.1) is 6.42 Å². The van der Waals surface area contributed by atoms with Crippen molar-refractivity contribution in [1.29, 1.82) is 0 Å². The van der Waals surface area contributed by atoms with Gasteiger partial charge in [0.1, 0.15) is 13.1 Å². The van der Waals surface area contributed by atoms with Crippen LogP contribution in [0.5, 0.6) is 0 Å². The number of carboxylic acid groups (broad SMARTS) is 1. The van der Waals surface area contributed by atoms with Crippen molar-refractivity contribution >= 4 is 17.9 Å². The van der Waals surface area contributed by atoms with Gasteiger partial charge in [-0.25, -0.2) is 4.79 Å². The highest BCUT2D eigenvalue weighted by Crippen LogP contribution is 1.99. The van der Waals surface area contributed by atoms with Crippen LogP contribution in [0, 0.1) is 12.3 Å². The van der Waals surface area contributed by atoms with Gasteiger partial charge in [0.25, 0.3) is 0 Å². The third-order valence-electron chi connectivity index (χ3n) is 2.14. The summed E-state index contributed by atoms with van der Waals surface area (Å²) in [6, 6.07) is -0.568. The molecule has 0 fully saturated rings. The Bertz CT molecular complexity index is 362. The predicted octanol–water partition coefficient (Wildman–Crippen LogP) is -0.806. The monoisotopic (exact) mass is 255 g/mol. The van der Waals surface area contributed by atoms with Gasteiger partial charge in [-0.1, -0.05) is 5.92 Å². The topological polar surface area (TPSA) is 90.0 Å². The first-order valence-electron chi connectivity index (χ1n) is 5.35. The van der Waals surface area contributed by atoms with Gasteiger partial charge in [-0.3, -0.25) is 9.59 Å². The first kappa shape index (κ1) is 15.8. The van der Waals surface area contributed by atoms with Gasteiger partial charge in [0.2, 0.25) is 5.91 Å². The first-order valence-corrected chi connectivity index (χ1v) is 5.35. The zero-order chi connectivity index (χ0) is 14.1. The van der Waals surface area contributed by atoms with Crippen molar-refractivity contribution in [3.05, 3.63) is 0 Å². The zero-order valence-electron chi connectivity index (χ0n) is 10.5. The second kappa shape index (κ2) is 7.95. The lowest BCUT2D eigenvalue weighted by Gasteiger charge is -2.27. The minimum absolute atomic E-state index is 0.116. The SMILES string of the molecule is C#CCN(CC(=O)O)C(=O)N(CC)CC(=O)NC. The molecule has 3 amide bonds. The molecule has 0 atom stereocenters. The second-order valence-electron chi connectivity index (χ2n) is 3.42. The number of terminal acetylenes is 1. The van der Waals surface area contributed by atoms with E-state index in [0.29, 0.717) is 0 Å². The number of hydrogen-bond donors (Lipinski definition) is 2. The van der Waals surface area contributed by atoms with Crippen LogP contribution in [-0.2, 0) is 9.59 Å². The molecule has 2 N–H and O–H groups in total. The number of carbonyl (C=O) groups excluding carboxylic acids is 2. The molecule has 0 radical (unpaired) electrons. The number of carbonyl (C=O) groups is 3. The molecule has 0 rings (SSSR count). The van der Waals surface area contributed by atoms with E-state index in [1.165, 1.54) is 11.9 Å². The Labute approximate surface area is 106 Å². The van der Waals surface area contributed by atoms with Gasteiger partial charge in [0, 0.05) is 13.6 Å². The van der Waals surface area contributed by atoms with Crippen LogP contribution in [0.2, 0.25) is 0 Å². The predicted molar refractivity (Wildman–Crippen MR) is 64.8 cm³/mol. The summed E-state index contributed by atoms with van der Waals surface area (Å²) >= 11 is 0. The summed E-state index contributed by atoms with van der Waals surface area (Å²) in [4.78, 5) is 36.0. The number of nitrogens with zero attached hydrogens (tertiary/aromatic N) is 2. The van der Waals surface area contributed by atoms with Gasteiger partial charge >= 0.3 is 12.0 Å². The number of urea groups is 1. The van der Waals surface area contributed by atoms with Crippen molar-refractivity contribution in [3.63, 3.8) is 0 Å². The number of nitrogens with one attached hydrogen (secondary N) is 1. The molecule has 0 aromatic rings. The summed E-state index contributed by atoms with van der Waals surface area (Å²) < 4.78 is 0. The van der Waals surface area contributed by atoms with E-state index in [4.69, 9.17) is 11.5 Å². The van der Waals surface area contributed by atoms with E-state index < -0.39 is 18.5 Å². The van der Waals surface area contributed by atoms with Crippen molar-refractivity contribution in [3.8, 4) is 12.3 Å². The lowest BCUT2D eigenvalue weighted by atomic mass is 10.4. The molecular formula is C11H17N3O4. The molecule has 100 valence electrons. The van der Waals surface area contributed by atoms with Crippen LogP contribution in [0.3, 0.4) is 0 Å². The van der Waals surface area contributed by atoms with Crippen LogP contribution in [-0.4, -0.2) is 66.0 Å². The highest BCUT2D eigenvalue weighted by atomic mass is 16.4. The maximum Gasteiger partial charge on any atom is 0.323 e. The Morgan fingerprint density at radius 2 is 1.89 bits per heavy atom. The molecule has 0 aliphatic carbocycles. The van der Waals surface area contributed by atoms with Gasteiger partial charge in [0.05, 0.1) is 6.54 Å². The van der Waals surface area contributed by atoms with Crippen molar-refractivity contribution in [2.24, 2.45) is 0 Å². The van der Waals surface area contributed by atoms with Crippen LogP contribution < -0.4 is 5.32 Å². The van der Waals surface area contributed by atoms with Crippen molar-refractivity contribution in [2.45, 2.75) is 6.92 Å². The Hall–Kier alpha value is -2.23. The standard InChI is InChI=1S/C11H17N3O4/c1-4-6-14(8-10(16)17)11(18)13(5-2)7-9(15)12-3/h1H,5-8H2,2-3H3,(H,12,15)(H,16,17). The number of rotatable bonds is 6. The van der Waals surface area contributed by atoms with Crippen LogP contribution >= 0.6 is 0 Å². The van der Waals surface area contributed by atoms with E-state index >= 15 is 0 Å². The molecule has 0 aromatic carbocycles. The molecule has 0 aliphatic rings. The quantitative estimate of drug-likeness (QED) is 0.608. The highest BCUT2D eigenvalue weighted by Gasteiger charge is 2.22. The van der Waals surface area contributed by atoms with Gasteiger partial charge in [-0.2, -0.15) is 0 Å². The zero-order valence-corrected chi connectivity index (χ0v) is 10.5. The van der Waals surface area contributed by atoms with Crippen LogP contribution in [0.4, 0.5) is 4.79 Å². The molecule has 0 bridgehead atoms. The van der Waals surface area contributed by atoms with Crippen molar-refractivity contribution in [2.75, 3.05) is 33.2 Å². The number of aliphatic carboxylic acids is 1. The van der Waals surface area contributed by atoms with Crippen LogP contribution in [0.1, 0.15) is 6.92 Å². The molecule has 0 heterocycles. The number of carboxylic acids is 1. The smallest absolute Gasteiger partial charge is 0.323 e. The van der Waals surface area contributed by atoms with E-state index in [9.17, 15) is 14.4 Å². The number of amides is 3. The Balaban J connectivity index is 4.74. The lowest BCUT2D eigenvalue weighted by Crippen LogP contribution is -2.48. The first-order chi connectivity index (χ1) is 8.46. The fourth-order valence-corrected chi connectivity index (χ4v) is 1.23. The second-order valence-corrected chi connectivity index (χ2v) is 3.42. The summed E-state index contributed by atoms with van der Waals surface area (Å²) in [6.45, 7) is 1.23. The molecule has 0 saturated carbocycles. The van der Waals surface area contributed by atoms with Crippen LogP contribution in [0.25, 0.3) is 0 Å². The van der Waals surface area contributed by atoms with Gasteiger partial charge in [0.15, 0.2) is 0 Å². The maximum atomic E-state index is 12.0. The van der Waals surface area contributed by atoms with Crippen LogP contribution in [0.15, 0.2) is 0 Å².